The summed E-state index contributed by atoms with van der Waals surface area (Å²) in [6.07, 6.45) is 3.31. The van der Waals surface area contributed by atoms with Crippen LogP contribution in [0.2, 0.25) is 0 Å². The Balaban J connectivity index is 1.76. The second-order valence-electron chi connectivity index (χ2n) is 7.46. The molecule has 0 saturated carbocycles. The normalized spacial score (nSPS) is 18.3. The second kappa shape index (κ2) is 7.59. The lowest BCUT2D eigenvalue weighted by Gasteiger charge is -2.21. The summed E-state index contributed by atoms with van der Waals surface area (Å²) < 4.78 is 30.2. The molecule has 1 atom stereocenters. The molecule has 0 aliphatic carbocycles. The van der Waals surface area contributed by atoms with Gasteiger partial charge in [0.05, 0.1) is 24.0 Å². The van der Waals surface area contributed by atoms with Crippen molar-refractivity contribution in [2.24, 2.45) is 0 Å². The molecule has 0 radical (unpaired) electrons. The molecule has 0 bridgehead atoms. The molecule has 0 spiro atoms. The molecule has 1 unspecified atom stereocenters. The van der Waals surface area contributed by atoms with Gasteiger partial charge in [0.25, 0.3) is 5.95 Å². The Hall–Kier alpha value is -1.94. The van der Waals surface area contributed by atoms with Crippen molar-refractivity contribution in [2.45, 2.75) is 45.8 Å². The molecule has 2 aromatic heterocycles. The lowest BCUT2D eigenvalue weighted by molar-refractivity contribution is 0.200. The summed E-state index contributed by atoms with van der Waals surface area (Å²) in [5.41, 5.74) is 3.09. The van der Waals surface area contributed by atoms with Gasteiger partial charge >= 0.3 is 0 Å². The van der Waals surface area contributed by atoms with Crippen molar-refractivity contribution < 1.29 is 12.9 Å². The minimum absolute atomic E-state index is 0.0933. The second-order valence-corrected chi connectivity index (χ2v) is 9.72. The van der Waals surface area contributed by atoms with Gasteiger partial charge in [0, 0.05) is 38.2 Å². The van der Waals surface area contributed by atoms with Crippen molar-refractivity contribution in [1.82, 2.24) is 24.8 Å². The van der Waals surface area contributed by atoms with Crippen molar-refractivity contribution in [3.8, 4) is 0 Å². The van der Waals surface area contributed by atoms with Crippen molar-refractivity contribution in [1.29, 1.82) is 0 Å². The van der Waals surface area contributed by atoms with Crippen LogP contribution in [-0.4, -0.2) is 65.9 Å². The molecule has 2 aromatic rings. The lowest BCUT2D eigenvalue weighted by atomic mass is 10.1. The zero-order valence-corrected chi connectivity index (χ0v) is 17.5. The van der Waals surface area contributed by atoms with E-state index in [2.05, 4.69) is 20.1 Å². The van der Waals surface area contributed by atoms with Crippen molar-refractivity contribution in [3.05, 3.63) is 22.8 Å². The Morgan fingerprint density at radius 1 is 1.30 bits per heavy atom. The fourth-order valence-corrected chi connectivity index (χ4v) is 3.98. The van der Waals surface area contributed by atoms with Gasteiger partial charge in [-0.25, -0.2) is 8.42 Å². The van der Waals surface area contributed by atoms with Gasteiger partial charge in [-0.3, -0.25) is 9.58 Å². The van der Waals surface area contributed by atoms with Crippen LogP contribution in [0.4, 0.5) is 5.95 Å². The van der Waals surface area contributed by atoms with E-state index in [1.807, 2.05) is 32.8 Å². The molecular weight excluding hydrogens is 368 g/mol. The number of hydrogen-bond donors (Lipinski definition) is 0. The Labute approximate surface area is 160 Å². The van der Waals surface area contributed by atoms with Gasteiger partial charge in [0.15, 0.2) is 0 Å². The molecule has 3 rings (SSSR count). The quantitative estimate of drug-likeness (QED) is 0.691. The van der Waals surface area contributed by atoms with Crippen LogP contribution in [0.25, 0.3) is 0 Å². The zero-order chi connectivity index (χ0) is 19.8. The van der Waals surface area contributed by atoms with Gasteiger partial charge in [-0.1, -0.05) is 0 Å². The van der Waals surface area contributed by atoms with Gasteiger partial charge < -0.3 is 9.42 Å². The highest BCUT2D eigenvalue weighted by Gasteiger charge is 2.32. The monoisotopic (exact) mass is 396 g/mol. The van der Waals surface area contributed by atoms with E-state index in [0.717, 1.165) is 42.9 Å². The Bertz CT molecular complexity index is 902. The molecule has 0 N–H and O–H groups in total. The number of aromatic nitrogens is 4. The molecular formula is C17H28N6O3S. The third-order valence-corrected chi connectivity index (χ3v) is 5.97. The number of nitrogens with zero attached hydrogens (tertiary/aromatic N) is 6. The van der Waals surface area contributed by atoms with E-state index >= 15 is 0 Å². The summed E-state index contributed by atoms with van der Waals surface area (Å²) in [6, 6.07) is 0.101. The predicted octanol–water partition coefficient (Wildman–Crippen LogP) is 1.33. The van der Waals surface area contributed by atoms with Crippen LogP contribution in [0.3, 0.4) is 0 Å². The van der Waals surface area contributed by atoms with Gasteiger partial charge in [0.1, 0.15) is 9.84 Å². The molecule has 27 heavy (non-hydrogen) atoms. The maximum atomic E-state index is 11.5. The molecule has 3 heterocycles. The van der Waals surface area contributed by atoms with E-state index in [9.17, 15) is 8.42 Å². The fraction of sp³-hybridized carbons (Fsp3) is 0.706. The SMILES string of the molecule is Cc1nn(CCS(C)(=O)=O)c(C)c1CN1CCCC1c1nc(N(C)C)no1. The maximum absolute atomic E-state index is 11.5. The number of hydrogen-bond acceptors (Lipinski definition) is 8. The molecule has 0 amide bonds. The first-order valence-corrected chi connectivity index (χ1v) is 11.2. The molecule has 150 valence electrons. The third kappa shape index (κ3) is 4.49. The summed E-state index contributed by atoms with van der Waals surface area (Å²) in [6.45, 7) is 6.05. The molecule has 1 aliphatic rings. The highest BCUT2D eigenvalue weighted by Crippen LogP contribution is 2.33. The van der Waals surface area contributed by atoms with Crippen molar-refractivity contribution >= 4 is 15.8 Å². The van der Waals surface area contributed by atoms with E-state index in [0.29, 0.717) is 18.4 Å². The Morgan fingerprint density at radius 3 is 2.67 bits per heavy atom. The summed E-state index contributed by atoms with van der Waals surface area (Å²) >= 11 is 0. The largest absolute Gasteiger partial charge is 0.344 e. The van der Waals surface area contributed by atoms with Crippen LogP contribution < -0.4 is 4.90 Å². The van der Waals surface area contributed by atoms with E-state index in [1.165, 1.54) is 6.26 Å². The van der Waals surface area contributed by atoms with Crippen LogP contribution in [0, 0.1) is 13.8 Å². The first-order valence-electron chi connectivity index (χ1n) is 9.11. The molecule has 9 nitrogen and oxygen atoms in total. The smallest absolute Gasteiger partial charge is 0.265 e. The number of anilines is 1. The van der Waals surface area contributed by atoms with Crippen LogP contribution in [0.5, 0.6) is 0 Å². The van der Waals surface area contributed by atoms with E-state index in [1.54, 1.807) is 4.68 Å². The number of aryl methyl sites for hydroxylation is 2. The number of rotatable bonds is 7. The summed E-state index contributed by atoms with van der Waals surface area (Å²) in [5, 5.41) is 8.58. The van der Waals surface area contributed by atoms with Crippen LogP contribution in [0.15, 0.2) is 4.52 Å². The molecule has 1 aliphatic heterocycles. The summed E-state index contributed by atoms with van der Waals surface area (Å²) in [5.74, 6) is 1.32. The summed E-state index contributed by atoms with van der Waals surface area (Å²) in [4.78, 5) is 8.67. The molecule has 10 heteroatoms. The minimum atomic E-state index is -3.02. The van der Waals surface area contributed by atoms with Gasteiger partial charge in [-0.2, -0.15) is 10.1 Å². The minimum Gasteiger partial charge on any atom is -0.344 e. The predicted molar refractivity (Wildman–Crippen MR) is 102 cm³/mol. The first-order chi connectivity index (χ1) is 12.7. The number of sulfone groups is 1. The molecule has 1 fully saturated rings. The van der Waals surface area contributed by atoms with Crippen LogP contribution >= 0.6 is 0 Å². The molecule has 0 aromatic carbocycles. The van der Waals surface area contributed by atoms with Gasteiger partial charge in [0.2, 0.25) is 5.89 Å². The summed E-state index contributed by atoms with van der Waals surface area (Å²) in [7, 11) is 0.758. The standard InChI is InChI=1S/C17H28N6O3S/c1-12-14(13(2)23(19-12)9-10-27(5,24)25)11-22-8-6-7-15(22)16-18-17(20-26-16)21(3)4/h15H,6-11H2,1-5H3. The Morgan fingerprint density at radius 2 is 2.04 bits per heavy atom. The zero-order valence-electron chi connectivity index (χ0n) is 16.6. The van der Waals surface area contributed by atoms with Crippen LogP contribution in [-0.2, 0) is 22.9 Å². The topological polar surface area (TPSA) is 97.4 Å². The van der Waals surface area contributed by atoms with Crippen molar-refractivity contribution in [2.75, 3.05) is 37.5 Å². The average molecular weight is 397 g/mol. The third-order valence-electron chi connectivity index (χ3n) is 5.05. The van der Waals surface area contributed by atoms with E-state index in [-0.39, 0.29) is 11.8 Å². The van der Waals surface area contributed by atoms with Gasteiger partial charge in [-0.05, 0) is 38.4 Å². The maximum Gasteiger partial charge on any atom is 0.265 e. The van der Waals surface area contributed by atoms with E-state index < -0.39 is 9.84 Å². The molecule has 1 saturated heterocycles. The van der Waals surface area contributed by atoms with Gasteiger partial charge in [-0.15, -0.1) is 0 Å². The number of likely N-dealkylation sites (tertiary alicyclic amines) is 1. The highest BCUT2D eigenvalue weighted by atomic mass is 32.2. The van der Waals surface area contributed by atoms with Crippen LogP contribution in [0.1, 0.15) is 41.7 Å². The average Bonchev–Trinajstić information content (AvgIpc) is 3.27. The first kappa shape index (κ1) is 19.8. The Kier molecular flexibility index (Phi) is 5.57. The van der Waals surface area contributed by atoms with Crippen molar-refractivity contribution in [3.63, 3.8) is 0 Å². The van der Waals surface area contributed by atoms with E-state index in [4.69, 9.17) is 4.52 Å². The lowest BCUT2D eigenvalue weighted by Crippen LogP contribution is -2.24. The highest BCUT2D eigenvalue weighted by molar-refractivity contribution is 7.90. The fourth-order valence-electron chi connectivity index (χ4n) is 3.47.